The lowest BCUT2D eigenvalue weighted by molar-refractivity contribution is 0.0726. The van der Waals surface area contributed by atoms with E-state index in [1.807, 2.05) is 11.1 Å². The second kappa shape index (κ2) is 9.60. The van der Waals surface area contributed by atoms with Crippen molar-refractivity contribution in [1.29, 1.82) is 0 Å². The minimum Gasteiger partial charge on any atom is -0.343 e. The number of piperidine rings is 1. The first kappa shape index (κ1) is 20.9. The normalized spacial score (nSPS) is 15.1. The van der Waals surface area contributed by atoms with Gasteiger partial charge >= 0.3 is 0 Å². The van der Waals surface area contributed by atoms with E-state index in [0.29, 0.717) is 0 Å². The molecule has 1 aromatic carbocycles. The molecule has 2 heterocycles. The van der Waals surface area contributed by atoms with Gasteiger partial charge in [0.2, 0.25) is 0 Å². The highest BCUT2D eigenvalue weighted by molar-refractivity contribution is 9.10. The number of carbonyl (C=O) groups is 1. The van der Waals surface area contributed by atoms with Gasteiger partial charge in [0.25, 0.3) is 5.91 Å². The molecule has 1 saturated heterocycles. The molecule has 0 spiro atoms. The Labute approximate surface area is 177 Å². The molecule has 1 amide bonds. The molecule has 0 saturated carbocycles. The number of halogens is 1. The summed E-state index contributed by atoms with van der Waals surface area (Å²) in [5, 5.41) is 1.04. The summed E-state index contributed by atoms with van der Waals surface area (Å²) in [7, 11) is 0. The van der Waals surface area contributed by atoms with E-state index in [0.717, 1.165) is 66.3 Å². The fourth-order valence-corrected chi connectivity index (χ4v) is 4.16. The van der Waals surface area contributed by atoms with Crippen LogP contribution >= 0.6 is 15.9 Å². The number of nitrogens with zero attached hydrogens (tertiary/aromatic N) is 2. The molecule has 1 fully saturated rings. The van der Waals surface area contributed by atoms with Crippen molar-refractivity contribution in [3.05, 3.63) is 57.7 Å². The van der Waals surface area contributed by atoms with Crippen LogP contribution in [0.5, 0.6) is 0 Å². The molecule has 4 heteroatoms. The summed E-state index contributed by atoms with van der Waals surface area (Å²) in [4.78, 5) is 15.2. The summed E-state index contributed by atoms with van der Waals surface area (Å²) < 4.78 is 3.22. The van der Waals surface area contributed by atoms with E-state index in [1.54, 1.807) is 0 Å². The van der Waals surface area contributed by atoms with Crippen LogP contribution in [0.15, 0.2) is 52.2 Å². The van der Waals surface area contributed by atoms with Gasteiger partial charge < -0.3 is 9.47 Å². The Morgan fingerprint density at radius 3 is 2.57 bits per heavy atom. The van der Waals surface area contributed by atoms with Crippen LogP contribution < -0.4 is 0 Å². The summed E-state index contributed by atoms with van der Waals surface area (Å²) >= 11 is 3.57. The second-order valence-corrected chi connectivity index (χ2v) is 9.00. The maximum absolute atomic E-state index is 13.2. The van der Waals surface area contributed by atoms with Gasteiger partial charge in [0.1, 0.15) is 0 Å². The molecular formula is C24H31BrN2O. The Kier molecular flexibility index (Phi) is 7.17. The molecule has 1 aromatic heterocycles. The number of fused-ring (bicyclic) bond motifs is 1. The first-order valence-corrected chi connectivity index (χ1v) is 11.1. The van der Waals surface area contributed by atoms with E-state index in [4.69, 9.17) is 0 Å². The van der Waals surface area contributed by atoms with Crippen molar-refractivity contribution in [1.82, 2.24) is 9.47 Å². The van der Waals surface area contributed by atoms with Crippen LogP contribution in [-0.2, 0) is 6.54 Å². The largest absolute Gasteiger partial charge is 0.343 e. The van der Waals surface area contributed by atoms with E-state index in [2.05, 4.69) is 71.6 Å². The minimum atomic E-state index is 0.172. The molecule has 0 N–H and O–H groups in total. The summed E-state index contributed by atoms with van der Waals surface area (Å²) in [5.74, 6) is 0.172. The van der Waals surface area contributed by atoms with Crippen molar-refractivity contribution in [2.75, 3.05) is 13.1 Å². The van der Waals surface area contributed by atoms with Gasteiger partial charge in [0.05, 0.1) is 5.56 Å². The van der Waals surface area contributed by atoms with Gasteiger partial charge in [0, 0.05) is 41.2 Å². The maximum atomic E-state index is 13.2. The molecule has 150 valence electrons. The molecular weight excluding hydrogens is 412 g/mol. The average Bonchev–Trinajstić information content (AvgIpc) is 3.04. The fourth-order valence-electron chi connectivity index (χ4n) is 3.80. The number of carbonyl (C=O) groups excluding carboxylic acids is 1. The van der Waals surface area contributed by atoms with E-state index in [9.17, 15) is 4.79 Å². The first-order valence-electron chi connectivity index (χ1n) is 10.3. The standard InChI is InChI=1S/C24H31BrN2O/c1-18(2)8-7-9-19(3)12-15-27-17-22(21-16-20(25)10-11-23(21)27)24(28)26-13-5-4-6-14-26/h8,10-12,16-17H,4-7,9,13-15H2,1-3H3/b19-12+. The van der Waals surface area contributed by atoms with Crippen LogP contribution in [0.4, 0.5) is 0 Å². The van der Waals surface area contributed by atoms with Gasteiger partial charge in [-0.3, -0.25) is 4.79 Å². The number of allylic oxidation sites excluding steroid dienone is 4. The lowest BCUT2D eigenvalue weighted by Gasteiger charge is -2.26. The Balaban J connectivity index is 1.84. The molecule has 1 aliphatic heterocycles. The van der Waals surface area contributed by atoms with Crippen LogP contribution in [0.1, 0.15) is 63.2 Å². The number of amides is 1. The zero-order chi connectivity index (χ0) is 20.1. The lowest BCUT2D eigenvalue weighted by atomic mass is 10.1. The van der Waals surface area contributed by atoms with Crippen molar-refractivity contribution in [2.24, 2.45) is 0 Å². The van der Waals surface area contributed by atoms with Gasteiger partial charge in [-0.05, 0) is 71.1 Å². The SMILES string of the molecule is CC(C)=CCC/C(C)=C/Cn1cc(C(=O)N2CCCCC2)c2cc(Br)ccc21. The predicted molar refractivity (Wildman–Crippen MR) is 122 cm³/mol. The van der Waals surface area contributed by atoms with E-state index in [1.165, 1.54) is 17.6 Å². The van der Waals surface area contributed by atoms with Crippen LogP contribution in [0.3, 0.4) is 0 Å². The number of benzene rings is 1. The molecule has 0 radical (unpaired) electrons. The van der Waals surface area contributed by atoms with E-state index < -0.39 is 0 Å². The summed E-state index contributed by atoms with van der Waals surface area (Å²) in [5.41, 5.74) is 4.71. The summed E-state index contributed by atoms with van der Waals surface area (Å²) in [6.45, 7) is 9.03. The topological polar surface area (TPSA) is 25.2 Å². The van der Waals surface area contributed by atoms with Crippen molar-refractivity contribution in [3.8, 4) is 0 Å². The highest BCUT2D eigenvalue weighted by Gasteiger charge is 2.22. The lowest BCUT2D eigenvalue weighted by Crippen LogP contribution is -2.35. The quantitative estimate of drug-likeness (QED) is 0.455. The number of rotatable bonds is 6. The van der Waals surface area contributed by atoms with Crippen molar-refractivity contribution in [3.63, 3.8) is 0 Å². The van der Waals surface area contributed by atoms with Crippen LogP contribution in [0.2, 0.25) is 0 Å². The first-order chi connectivity index (χ1) is 13.5. The predicted octanol–water partition coefficient (Wildman–Crippen LogP) is 6.72. The number of aromatic nitrogens is 1. The summed E-state index contributed by atoms with van der Waals surface area (Å²) in [6.07, 6.45) is 12.2. The molecule has 1 aliphatic rings. The molecule has 0 aliphatic carbocycles. The van der Waals surface area contributed by atoms with E-state index in [-0.39, 0.29) is 5.91 Å². The highest BCUT2D eigenvalue weighted by Crippen LogP contribution is 2.27. The third-order valence-corrected chi connectivity index (χ3v) is 5.94. The Hall–Kier alpha value is -1.81. The van der Waals surface area contributed by atoms with Gasteiger partial charge in [0.15, 0.2) is 0 Å². The monoisotopic (exact) mass is 442 g/mol. The fraction of sp³-hybridized carbons (Fsp3) is 0.458. The van der Waals surface area contributed by atoms with Gasteiger partial charge in [-0.2, -0.15) is 0 Å². The number of hydrogen-bond donors (Lipinski definition) is 0. The maximum Gasteiger partial charge on any atom is 0.256 e. The van der Waals surface area contributed by atoms with Gasteiger partial charge in [-0.1, -0.05) is 39.2 Å². The van der Waals surface area contributed by atoms with E-state index >= 15 is 0 Å². The van der Waals surface area contributed by atoms with Crippen LogP contribution in [0.25, 0.3) is 10.9 Å². The number of likely N-dealkylation sites (tertiary alicyclic amines) is 1. The average molecular weight is 443 g/mol. The minimum absolute atomic E-state index is 0.172. The smallest absolute Gasteiger partial charge is 0.256 e. The number of hydrogen-bond acceptors (Lipinski definition) is 1. The van der Waals surface area contributed by atoms with Crippen molar-refractivity contribution in [2.45, 2.75) is 59.4 Å². The Bertz CT molecular complexity index is 897. The van der Waals surface area contributed by atoms with Crippen LogP contribution in [-0.4, -0.2) is 28.5 Å². The molecule has 0 bridgehead atoms. The van der Waals surface area contributed by atoms with Gasteiger partial charge in [-0.25, -0.2) is 0 Å². The molecule has 28 heavy (non-hydrogen) atoms. The molecule has 0 unspecified atom stereocenters. The third kappa shape index (κ3) is 5.16. The second-order valence-electron chi connectivity index (χ2n) is 8.08. The zero-order valence-electron chi connectivity index (χ0n) is 17.3. The molecule has 2 aromatic rings. The molecule has 3 rings (SSSR count). The zero-order valence-corrected chi connectivity index (χ0v) is 18.9. The molecule has 3 nitrogen and oxygen atoms in total. The molecule has 0 atom stereocenters. The van der Waals surface area contributed by atoms with Crippen molar-refractivity contribution >= 4 is 32.7 Å². The third-order valence-electron chi connectivity index (χ3n) is 5.44. The van der Waals surface area contributed by atoms with Crippen molar-refractivity contribution < 1.29 is 4.79 Å². The van der Waals surface area contributed by atoms with Crippen LogP contribution in [0, 0.1) is 0 Å². The van der Waals surface area contributed by atoms with Gasteiger partial charge in [-0.15, -0.1) is 0 Å². The summed E-state index contributed by atoms with van der Waals surface area (Å²) in [6, 6.07) is 6.24. The highest BCUT2D eigenvalue weighted by atomic mass is 79.9. The Morgan fingerprint density at radius 1 is 1.11 bits per heavy atom. The Morgan fingerprint density at radius 2 is 1.86 bits per heavy atom.